The van der Waals surface area contributed by atoms with E-state index in [9.17, 15) is 5.11 Å². The molecule has 1 aromatic heterocycles. The second-order valence-electron chi connectivity index (χ2n) is 5.12. The highest BCUT2D eigenvalue weighted by molar-refractivity contribution is 5.83. The van der Waals surface area contributed by atoms with Crippen molar-refractivity contribution in [3.63, 3.8) is 0 Å². The summed E-state index contributed by atoms with van der Waals surface area (Å²) in [6.45, 7) is 0. The zero-order valence-corrected chi connectivity index (χ0v) is 12.2. The highest BCUT2D eigenvalue weighted by Crippen LogP contribution is 2.27. The van der Waals surface area contributed by atoms with Crippen molar-refractivity contribution in [1.82, 2.24) is 9.78 Å². The van der Waals surface area contributed by atoms with Gasteiger partial charge in [0.25, 0.3) is 0 Å². The number of hydrogen-bond donors (Lipinski definition) is 1. The molecule has 0 aliphatic heterocycles. The maximum absolute atomic E-state index is 10.5. The molecule has 3 aromatic rings. The van der Waals surface area contributed by atoms with E-state index in [0.717, 1.165) is 5.56 Å². The maximum atomic E-state index is 10.5. The Bertz CT molecular complexity index is 764. The van der Waals surface area contributed by atoms with Crippen LogP contribution in [-0.4, -0.2) is 22.0 Å². The Morgan fingerprint density at radius 1 is 1.19 bits per heavy atom. The van der Waals surface area contributed by atoms with Gasteiger partial charge >= 0.3 is 0 Å². The Kier molecular flexibility index (Phi) is 3.62. The third kappa shape index (κ3) is 2.62. The Hall–Kier alpha value is -2.33. The third-order valence-electron chi connectivity index (χ3n) is 3.73. The van der Waals surface area contributed by atoms with Crippen molar-refractivity contribution in [2.24, 2.45) is 7.05 Å². The van der Waals surface area contributed by atoms with Crippen LogP contribution in [0, 0.1) is 0 Å². The van der Waals surface area contributed by atoms with E-state index in [1.807, 2.05) is 25.2 Å². The molecular formula is C17H18N2O2. The molecule has 0 radical (unpaired) electrons. The molecule has 2 aromatic carbocycles. The summed E-state index contributed by atoms with van der Waals surface area (Å²) in [4.78, 5) is 0. The molecule has 1 N–H and O–H groups in total. The van der Waals surface area contributed by atoms with Crippen molar-refractivity contribution in [2.75, 3.05) is 7.11 Å². The van der Waals surface area contributed by atoms with Crippen LogP contribution in [0.3, 0.4) is 0 Å². The van der Waals surface area contributed by atoms with Crippen molar-refractivity contribution in [2.45, 2.75) is 12.5 Å². The van der Waals surface area contributed by atoms with E-state index in [1.54, 1.807) is 18.0 Å². The fourth-order valence-electron chi connectivity index (χ4n) is 2.65. The van der Waals surface area contributed by atoms with Crippen LogP contribution in [0.4, 0.5) is 0 Å². The minimum absolute atomic E-state index is 0.528. The van der Waals surface area contributed by atoms with Gasteiger partial charge in [0, 0.05) is 13.5 Å². The molecule has 108 valence electrons. The molecular weight excluding hydrogens is 264 g/mol. The van der Waals surface area contributed by atoms with E-state index in [1.165, 1.54) is 10.8 Å². The average molecular weight is 282 g/mol. The summed E-state index contributed by atoms with van der Waals surface area (Å²) in [5, 5.41) is 17.0. The van der Waals surface area contributed by atoms with Gasteiger partial charge in [0.1, 0.15) is 11.8 Å². The second kappa shape index (κ2) is 5.58. The molecule has 0 aliphatic carbocycles. The van der Waals surface area contributed by atoms with Crippen LogP contribution in [0.5, 0.6) is 5.75 Å². The number of methoxy groups -OCH3 is 1. The van der Waals surface area contributed by atoms with E-state index < -0.39 is 6.10 Å². The normalized spacial score (nSPS) is 12.5. The lowest BCUT2D eigenvalue weighted by Gasteiger charge is -2.13. The summed E-state index contributed by atoms with van der Waals surface area (Å²) in [7, 11) is 3.39. The quantitative estimate of drug-likeness (QED) is 0.800. The van der Waals surface area contributed by atoms with Gasteiger partial charge in [0.15, 0.2) is 5.75 Å². The van der Waals surface area contributed by atoms with E-state index in [4.69, 9.17) is 4.74 Å². The summed E-state index contributed by atoms with van der Waals surface area (Å²) in [5.74, 6) is 0.616. The fourth-order valence-corrected chi connectivity index (χ4v) is 2.65. The van der Waals surface area contributed by atoms with Crippen LogP contribution in [0.2, 0.25) is 0 Å². The molecule has 1 atom stereocenters. The zero-order valence-electron chi connectivity index (χ0n) is 12.2. The number of aromatic nitrogens is 2. The van der Waals surface area contributed by atoms with Gasteiger partial charge in [0.05, 0.1) is 13.3 Å². The fraction of sp³-hybridized carbons (Fsp3) is 0.235. The third-order valence-corrected chi connectivity index (χ3v) is 3.73. The summed E-state index contributed by atoms with van der Waals surface area (Å²) in [6, 6.07) is 14.5. The number of nitrogens with zero attached hydrogens (tertiary/aromatic N) is 2. The maximum Gasteiger partial charge on any atom is 0.162 e. The van der Waals surface area contributed by atoms with Crippen molar-refractivity contribution >= 4 is 10.8 Å². The van der Waals surface area contributed by atoms with Crippen LogP contribution in [0.25, 0.3) is 10.8 Å². The predicted octanol–water partition coefficient (Wildman–Crippen LogP) is 2.86. The first-order chi connectivity index (χ1) is 10.2. The molecule has 0 aliphatic rings. The Balaban J connectivity index is 1.88. The van der Waals surface area contributed by atoms with Crippen LogP contribution >= 0.6 is 0 Å². The molecule has 1 heterocycles. The minimum Gasteiger partial charge on any atom is -0.493 e. The minimum atomic E-state index is -0.645. The zero-order chi connectivity index (χ0) is 14.8. The molecule has 1 unspecified atom stereocenters. The van der Waals surface area contributed by atoms with Crippen molar-refractivity contribution < 1.29 is 9.84 Å². The van der Waals surface area contributed by atoms with Crippen molar-refractivity contribution in [3.05, 3.63) is 59.9 Å². The highest BCUT2D eigenvalue weighted by atomic mass is 16.5. The molecule has 3 rings (SSSR count). The highest BCUT2D eigenvalue weighted by Gasteiger charge is 2.18. The van der Waals surface area contributed by atoms with Gasteiger partial charge in [0.2, 0.25) is 0 Å². The SMILES string of the molecule is COc1cnn(C)c1C(O)Cc1ccc2ccccc2c1. The Morgan fingerprint density at radius 3 is 2.71 bits per heavy atom. The van der Waals surface area contributed by atoms with E-state index in [2.05, 4.69) is 29.4 Å². The molecule has 0 amide bonds. The van der Waals surface area contributed by atoms with Crippen LogP contribution in [-0.2, 0) is 13.5 Å². The van der Waals surface area contributed by atoms with Crippen molar-refractivity contribution in [1.29, 1.82) is 0 Å². The lowest BCUT2D eigenvalue weighted by Crippen LogP contribution is -2.09. The molecule has 4 heteroatoms. The van der Waals surface area contributed by atoms with Crippen LogP contribution in [0.1, 0.15) is 17.4 Å². The van der Waals surface area contributed by atoms with E-state index in [-0.39, 0.29) is 0 Å². The van der Waals surface area contributed by atoms with Gasteiger partial charge in [-0.2, -0.15) is 5.10 Å². The van der Waals surface area contributed by atoms with Gasteiger partial charge in [-0.3, -0.25) is 4.68 Å². The van der Waals surface area contributed by atoms with Gasteiger partial charge in [-0.1, -0.05) is 42.5 Å². The Labute approximate surface area is 123 Å². The number of rotatable bonds is 4. The van der Waals surface area contributed by atoms with Gasteiger partial charge < -0.3 is 9.84 Å². The number of fused-ring (bicyclic) bond motifs is 1. The number of hydrogen-bond acceptors (Lipinski definition) is 3. The topological polar surface area (TPSA) is 47.3 Å². The second-order valence-corrected chi connectivity index (χ2v) is 5.12. The Morgan fingerprint density at radius 2 is 1.95 bits per heavy atom. The first kappa shape index (κ1) is 13.6. The predicted molar refractivity (Wildman–Crippen MR) is 82.4 cm³/mol. The smallest absolute Gasteiger partial charge is 0.162 e. The summed E-state index contributed by atoms with van der Waals surface area (Å²) >= 11 is 0. The molecule has 0 saturated carbocycles. The lowest BCUT2D eigenvalue weighted by molar-refractivity contribution is 0.164. The van der Waals surface area contributed by atoms with E-state index >= 15 is 0 Å². The summed E-state index contributed by atoms with van der Waals surface area (Å²) in [5.41, 5.74) is 1.79. The number of benzene rings is 2. The number of aliphatic hydroxyl groups is 1. The molecule has 4 nitrogen and oxygen atoms in total. The first-order valence-corrected chi connectivity index (χ1v) is 6.90. The standard InChI is InChI=1S/C17H18N2O2/c1-19-17(16(21-2)11-18-19)15(20)10-12-7-8-13-5-3-4-6-14(13)9-12/h3-9,11,15,20H,10H2,1-2H3. The van der Waals surface area contributed by atoms with Crippen LogP contribution < -0.4 is 4.74 Å². The van der Waals surface area contributed by atoms with Gasteiger partial charge in [-0.15, -0.1) is 0 Å². The number of ether oxygens (including phenoxy) is 1. The van der Waals surface area contributed by atoms with Crippen molar-refractivity contribution in [3.8, 4) is 5.75 Å². The molecule has 21 heavy (non-hydrogen) atoms. The van der Waals surface area contributed by atoms with Gasteiger partial charge in [-0.25, -0.2) is 0 Å². The monoisotopic (exact) mass is 282 g/mol. The molecule has 0 bridgehead atoms. The van der Waals surface area contributed by atoms with Crippen LogP contribution in [0.15, 0.2) is 48.7 Å². The van der Waals surface area contributed by atoms with E-state index in [0.29, 0.717) is 17.9 Å². The van der Waals surface area contributed by atoms with Gasteiger partial charge in [-0.05, 0) is 16.3 Å². The average Bonchev–Trinajstić information content (AvgIpc) is 2.88. The molecule has 0 fully saturated rings. The number of aryl methyl sites for hydroxylation is 1. The lowest BCUT2D eigenvalue weighted by atomic mass is 10.0. The number of aliphatic hydroxyl groups excluding tert-OH is 1. The molecule has 0 saturated heterocycles. The summed E-state index contributed by atoms with van der Waals surface area (Å²) in [6.07, 6.45) is 1.51. The summed E-state index contributed by atoms with van der Waals surface area (Å²) < 4.78 is 6.91. The molecule has 0 spiro atoms. The largest absolute Gasteiger partial charge is 0.493 e. The first-order valence-electron chi connectivity index (χ1n) is 6.90.